The van der Waals surface area contributed by atoms with Crippen molar-refractivity contribution in [2.24, 2.45) is 0 Å². The molecule has 0 aromatic heterocycles. The lowest BCUT2D eigenvalue weighted by Gasteiger charge is -2.36. The van der Waals surface area contributed by atoms with E-state index >= 15 is 0 Å². The minimum absolute atomic E-state index is 0.167. The third-order valence-corrected chi connectivity index (χ3v) is 6.73. The first-order chi connectivity index (χ1) is 19.0. The van der Waals surface area contributed by atoms with Crippen molar-refractivity contribution in [1.82, 2.24) is 9.80 Å². The lowest BCUT2D eigenvalue weighted by Crippen LogP contribution is -2.50. The highest BCUT2D eigenvalue weighted by Crippen LogP contribution is 2.29. The van der Waals surface area contributed by atoms with Crippen LogP contribution in [0.2, 0.25) is 0 Å². The number of nitrogens with zero attached hydrogens (tertiary/aromatic N) is 3. The van der Waals surface area contributed by atoms with E-state index in [2.05, 4.69) is 16.3 Å². The predicted molar refractivity (Wildman–Crippen MR) is 148 cm³/mol. The molecule has 4 rings (SSSR count). The second kappa shape index (κ2) is 13.5. The van der Waals surface area contributed by atoms with Crippen LogP contribution in [0.1, 0.15) is 22.8 Å². The minimum Gasteiger partial charge on any atom is -0.497 e. The van der Waals surface area contributed by atoms with Gasteiger partial charge in [0, 0.05) is 38.8 Å². The van der Waals surface area contributed by atoms with Crippen molar-refractivity contribution in [2.75, 3.05) is 59.4 Å². The van der Waals surface area contributed by atoms with Crippen molar-refractivity contribution in [3.05, 3.63) is 83.4 Å². The summed E-state index contributed by atoms with van der Waals surface area (Å²) in [5, 5.41) is 12.0. The van der Waals surface area contributed by atoms with Gasteiger partial charge in [-0.1, -0.05) is 24.3 Å². The van der Waals surface area contributed by atoms with Gasteiger partial charge in [0.1, 0.15) is 17.2 Å². The quantitative estimate of drug-likeness (QED) is 0.406. The van der Waals surface area contributed by atoms with E-state index in [-0.39, 0.29) is 12.1 Å². The fourth-order valence-corrected chi connectivity index (χ4v) is 4.43. The summed E-state index contributed by atoms with van der Waals surface area (Å²) in [5.74, 6) is 1.97. The van der Waals surface area contributed by atoms with E-state index in [1.165, 1.54) is 0 Å². The van der Waals surface area contributed by atoms with Gasteiger partial charge in [0.25, 0.3) is 0 Å². The summed E-state index contributed by atoms with van der Waals surface area (Å²) >= 11 is 0. The molecule has 9 nitrogen and oxygen atoms in total. The van der Waals surface area contributed by atoms with Crippen LogP contribution in [-0.2, 0) is 11.3 Å². The molecule has 1 aliphatic rings. The highest BCUT2D eigenvalue weighted by atomic mass is 16.5. The number of rotatable bonds is 10. The Balaban J connectivity index is 1.37. The molecule has 1 fully saturated rings. The zero-order chi connectivity index (χ0) is 27.6. The summed E-state index contributed by atoms with van der Waals surface area (Å²) in [6.07, 6.45) is -0.195. The highest BCUT2D eigenvalue weighted by molar-refractivity contribution is 5.91. The summed E-state index contributed by atoms with van der Waals surface area (Å²) in [5.41, 5.74) is 3.24. The van der Waals surface area contributed by atoms with Gasteiger partial charge in [0.2, 0.25) is 0 Å². The first kappa shape index (κ1) is 27.8. The Hall–Kier alpha value is -4.26. The molecule has 0 bridgehead atoms. The number of nitriles is 1. The summed E-state index contributed by atoms with van der Waals surface area (Å²) in [4.78, 5) is 17.1. The first-order valence-corrected chi connectivity index (χ1v) is 12.8. The molecule has 3 aromatic rings. The van der Waals surface area contributed by atoms with Gasteiger partial charge in [-0.3, -0.25) is 4.90 Å². The Morgan fingerprint density at radius 2 is 1.64 bits per heavy atom. The van der Waals surface area contributed by atoms with Gasteiger partial charge in [-0.05, 0) is 47.5 Å². The summed E-state index contributed by atoms with van der Waals surface area (Å²) in [6.45, 7) is 3.70. The number of amides is 2. The van der Waals surface area contributed by atoms with Gasteiger partial charge in [0.15, 0.2) is 0 Å². The zero-order valence-corrected chi connectivity index (χ0v) is 22.6. The average Bonchev–Trinajstić information content (AvgIpc) is 2.99. The molecule has 1 aliphatic heterocycles. The lowest BCUT2D eigenvalue weighted by molar-refractivity contribution is 0.00584. The molecular weight excluding hydrogens is 496 g/mol. The smallest absolute Gasteiger partial charge is 0.322 e. The predicted octanol–water partition coefficient (Wildman–Crippen LogP) is 4.69. The van der Waals surface area contributed by atoms with Crippen LogP contribution in [0.3, 0.4) is 0 Å². The Morgan fingerprint density at radius 1 is 0.923 bits per heavy atom. The van der Waals surface area contributed by atoms with Gasteiger partial charge in [-0.2, -0.15) is 5.26 Å². The number of anilines is 1. The standard InChI is InChI=1S/C30H34N4O5/c1-36-25-6-4-5-24(17-25)29(39-21-23-9-7-22(19-31)8-10-23)20-33-13-15-34(16-14-33)30(35)32-27-12-11-26(37-2)18-28(27)38-3/h4-12,17-18,29H,13-16,20-21H2,1-3H3,(H,32,35). The van der Waals surface area contributed by atoms with E-state index in [4.69, 9.17) is 24.2 Å². The maximum absolute atomic E-state index is 13.0. The van der Waals surface area contributed by atoms with E-state index < -0.39 is 0 Å². The number of nitrogens with one attached hydrogen (secondary N) is 1. The fraction of sp³-hybridized carbons (Fsp3) is 0.333. The van der Waals surface area contributed by atoms with Crippen molar-refractivity contribution in [1.29, 1.82) is 5.26 Å². The van der Waals surface area contributed by atoms with Crippen LogP contribution in [0, 0.1) is 11.3 Å². The maximum atomic E-state index is 13.0. The molecule has 0 saturated carbocycles. The average molecular weight is 531 g/mol. The monoisotopic (exact) mass is 530 g/mol. The van der Waals surface area contributed by atoms with Crippen LogP contribution in [0.25, 0.3) is 0 Å². The molecule has 3 aromatic carbocycles. The molecule has 1 saturated heterocycles. The van der Waals surface area contributed by atoms with E-state index in [9.17, 15) is 4.79 Å². The number of piperazine rings is 1. The number of benzene rings is 3. The molecule has 39 heavy (non-hydrogen) atoms. The minimum atomic E-state index is -0.195. The third-order valence-electron chi connectivity index (χ3n) is 6.73. The largest absolute Gasteiger partial charge is 0.497 e. The van der Waals surface area contributed by atoms with Crippen LogP contribution < -0.4 is 19.5 Å². The fourth-order valence-electron chi connectivity index (χ4n) is 4.43. The second-order valence-corrected chi connectivity index (χ2v) is 9.17. The first-order valence-electron chi connectivity index (χ1n) is 12.8. The van der Waals surface area contributed by atoms with Gasteiger partial charge < -0.3 is 29.2 Å². The van der Waals surface area contributed by atoms with Gasteiger partial charge in [-0.25, -0.2) is 4.79 Å². The topological polar surface area (TPSA) is 96.3 Å². The van der Waals surface area contributed by atoms with Crippen molar-refractivity contribution in [2.45, 2.75) is 12.7 Å². The number of hydrogen-bond acceptors (Lipinski definition) is 7. The molecule has 204 valence electrons. The molecule has 0 spiro atoms. The molecule has 1 unspecified atom stereocenters. The number of methoxy groups -OCH3 is 3. The number of urea groups is 1. The SMILES string of the molecule is COc1cccc(C(CN2CCN(C(=O)Nc3ccc(OC)cc3OC)CC2)OCc2ccc(C#N)cc2)c1. The van der Waals surface area contributed by atoms with Crippen molar-refractivity contribution >= 4 is 11.7 Å². The molecule has 9 heteroatoms. The lowest BCUT2D eigenvalue weighted by atomic mass is 10.1. The van der Waals surface area contributed by atoms with Crippen LogP contribution in [0.5, 0.6) is 17.2 Å². The zero-order valence-electron chi connectivity index (χ0n) is 22.6. The van der Waals surface area contributed by atoms with Crippen LogP contribution in [0.15, 0.2) is 66.7 Å². The van der Waals surface area contributed by atoms with E-state index in [1.54, 1.807) is 56.6 Å². The second-order valence-electron chi connectivity index (χ2n) is 9.17. The van der Waals surface area contributed by atoms with Crippen molar-refractivity contribution in [3.8, 4) is 23.3 Å². The van der Waals surface area contributed by atoms with Crippen molar-refractivity contribution in [3.63, 3.8) is 0 Å². The number of hydrogen-bond donors (Lipinski definition) is 1. The molecule has 1 atom stereocenters. The normalized spacial score (nSPS) is 14.3. The third kappa shape index (κ3) is 7.41. The summed E-state index contributed by atoms with van der Waals surface area (Å²) in [7, 11) is 4.80. The van der Waals surface area contributed by atoms with Crippen LogP contribution in [0.4, 0.5) is 10.5 Å². The van der Waals surface area contributed by atoms with Crippen molar-refractivity contribution < 1.29 is 23.7 Å². The Bertz CT molecular complexity index is 1280. The Morgan fingerprint density at radius 3 is 2.31 bits per heavy atom. The molecule has 1 N–H and O–H groups in total. The molecular formula is C30H34N4O5. The van der Waals surface area contributed by atoms with E-state index in [1.807, 2.05) is 36.4 Å². The molecule has 0 aliphatic carbocycles. The van der Waals surface area contributed by atoms with Gasteiger partial charge >= 0.3 is 6.03 Å². The Labute approximate surface area is 229 Å². The summed E-state index contributed by atoms with van der Waals surface area (Å²) in [6, 6.07) is 22.6. The number of carbonyl (C=O) groups is 1. The number of ether oxygens (including phenoxy) is 4. The molecule has 0 radical (unpaired) electrons. The van der Waals surface area contributed by atoms with Gasteiger partial charge in [0.05, 0.1) is 51.4 Å². The molecule has 2 amide bonds. The highest BCUT2D eigenvalue weighted by Gasteiger charge is 2.25. The van der Waals surface area contributed by atoms with E-state index in [0.29, 0.717) is 62.1 Å². The number of carbonyl (C=O) groups excluding carboxylic acids is 1. The van der Waals surface area contributed by atoms with Crippen LogP contribution >= 0.6 is 0 Å². The molecule has 1 heterocycles. The van der Waals surface area contributed by atoms with Crippen LogP contribution in [-0.4, -0.2) is 69.9 Å². The Kier molecular flexibility index (Phi) is 9.62. The maximum Gasteiger partial charge on any atom is 0.322 e. The van der Waals surface area contributed by atoms with Gasteiger partial charge in [-0.15, -0.1) is 0 Å². The summed E-state index contributed by atoms with van der Waals surface area (Å²) < 4.78 is 22.5. The van der Waals surface area contributed by atoms with E-state index in [0.717, 1.165) is 16.9 Å².